The Morgan fingerprint density at radius 2 is 2.32 bits per heavy atom. The molecule has 2 aromatic rings. The monoisotopic (exact) mass is 337 g/mol. The lowest BCUT2D eigenvalue weighted by molar-refractivity contribution is 0.532. The Kier molecular flexibility index (Phi) is 3.93. The van der Waals surface area contributed by atoms with Crippen LogP contribution in [-0.2, 0) is 6.54 Å². The van der Waals surface area contributed by atoms with E-state index in [0.29, 0.717) is 10.7 Å². The van der Waals surface area contributed by atoms with Crippen LogP contribution in [0.1, 0.15) is 35.3 Å². The van der Waals surface area contributed by atoms with Crippen molar-refractivity contribution in [3.63, 3.8) is 0 Å². The summed E-state index contributed by atoms with van der Waals surface area (Å²) in [5.41, 5.74) is 2.48. The van der Waals surface area contributed by atoms with Crippen LogP contribution in [0.2, 0.25) is 0 Å². The number of hydrogen-bond acceptors (Lipinski definition) is 3. The van der Waals surface area contributed by atoms with Crippen LogP contribution in [-0.4, -0.2) is 20.7 Å². The molecule has 0 fully saturated rings. The highest BCUT2D eigenvalue weighted by atomic mass is 79.9. The number of nitrogens with zero attached hydrogens (tertiary/aromatic N) is 3. The molecule has 100 valence electrons. The first-order chi connectivity index (χ1) is 9.28. The van der Waals surface area contributed by atoms with Crippen molar-refractivity contribution in [3.05, 3.63) is 41.7 Å². The van der Waals surface area contributed by atoms with Crippen LogP contribution in [0.4, 0.5) is 0 Å². The fourth-order valence-electron chi connectivity index (χ4n) is 2.36. The normalized spacial score (nSPS) is 19.4. The Morgan fingerprint density at radius 1 is 1.47 bits per heavy atom. The Morgan fingerprint density at radius 3 is 3.16 bits per heavy atom. The van der Waals surface area contributed by atoms with Gasteiger partial charge in [0.05, 0.1) is 17.1 Å². The zero-order valence-electron chi connectivity index (χ0n) is 10.8. The number of hydrogen-bond donors (Lipinski definition) is 0. The number of alkyl halides is 1. The van der Waals surface area contributed by atoms with Crippen molar-refractivity contribution in [1.29, 1.82) is 0 Å². The van der Waals surface area contributed by atoms with Crippen LogP contribution < -0.4 is 0 Å². The predicted molar refractivity (Wildman–Crippen MR) is 81.9 cm³/mol. The molecule has 1 aromatic heterocycles. The lowest BCUT2D eigenvalue weighted by atomic mass is 10.0. The van der Waals surface area contributed by atoms with E-state index in [1.54, 1.807) is 0 Å². The maximum absolute atomic E-state index is 4.25. The molecule has 2 atom stereocenters. The molecule has 0 N–H and O–H groups in total. The van der Waals surface area contributed by atoms with Gasteiger partial charge < -0.3 is 0 Å². The maximum atomic E-state index is 4.25. The molecule has 5 heteroatoms. The van der Waals surface area contributed by atoms with Crippen molar-refractivity contribution in [2.45, 2.75) is 35.5 Å². The zero-order chi connectivity index (χ0) is 13.2. The fourth-order valence-corrected chi connectivity index (χ4v) is 3.81. The quantitative estimate of drug-likeness (QED) is 0.789. The van der Waals surface area contributed by atoms with Crippen LogP contribution >= 0.6 is 27.7 Å². The Balaban J connectivity index is 1.74. The summed E-state index contributed by atoms with van der Waals surface area (Å²) in [6.45, 7) is 3.06. The third-order valence-corrected chi connectivity index (χ3v) is 5.81. The van der Waals surface area contributed by atoms with Gasteiger partial charge in [0.1, 0.15) is 0 Å². The van der Waals surface area contributed by atoms with Crippen LogP contribution in [0, 0.1) is 0 Å². The number of thioether (sulfide) groups is 1. The zero-order valence-corrected chi connectivity index (χ0v) is 13.2. The van der Waals surface area contributed by atoms with Crippen molar-refractivity contribution in [3.8, 4) is 0 Å². The molecule has 0 aliphatic carbocycles. The third-order valence-electron chi connectivity index (χ3n) is 3.44. The largest absolute Gasteiger partial charge is 0.252 e. The Hall–Kier alpha value is -0.810. The molecule has 0 saturated heterocycles. The molecule has 0 amide bonds. The van der Waals surface area contributed by atoms with Crippen molar-refractivity contribution in [1.82, 2.24) is 15.0 Å². The third kappa shape index (κ3) is 2.72. The van der Waals surface area contributed by atoms with Gasteiger partial charge in [0.25, 0.3) is 0 Å². The molecule has 2 heterocycles. The van der Waals surface area contributed by atoms with Gasteiger partial charge in [-0.25, -0.2) is 0 Å². The molecular weight excluding hydrogens is 322 g/mol. The molecule has 0 spiro atoms. The molecule has 3 rings (SSSR count). The molecule has 2 unspecified atom stereocenters. The van der Waals surface area contributed by atoms with E-state index < -0.39 is 0 Å². The molecule has 1 aliphatic rings. The van der Waals surface area contributed by atoms with Crippen LogP contribution in [0.3, 0.4) is 0 Å². The predicted octanol–water partition coefficient (Wildman–Crippen LogP) is 4.01. The highest BCUT2D eigenvalue weighted by Gasteiger charge is 2.23. The molecule has 1 aromatic carbocycles. The second-order valence-electron chi connectivity index (χ2n) is 4.79. The van der Waals surface area contributed by atoms with Crippen molar-refractivity contribution < 1.29 is 0 Å². The molecule has 1 aliphatic heterocycles. The van der Waals surface area contributed by atoms with Crippen molar-refractivity contribution in [2.24, 2.45) is 0 Å². The first-order valence-corrected chi connectivity index (χ1v) is 8.44. The van der Waals surface area contributed by atoms with E-state index in [4.69, 9.17) is 0 Å². The summed E-state index contributed by atoms with van der Waals surface area (Å²) in [4.78, 5) is 1.73. The summed E-state index contributed by atoms with van der Waals surface area (Å²) < 4.78 is 1.98. The highest BCUT2D eigenvalue weighted by molar-refractivity contribution is 9.09. The first-order valence-electron chi connectivity index (χ1n) is 6.53. The Labute approximate surface area is 125 Å². The average Bonchev–Trinajstić information content (AvgIpc) is 3.06. The standard InChI is InChI=1S/C14H16BrN3S/c1-2-12(15)13-8-18(17-16-13)7-10-9-19-14-6-4-3-5-11(10)14/h3-6,8,10,12H,2,7,9H2,1H3. The fraction of sp³-hybridized carbons (Fsp3) is 0.429. The van der Waals surface area contributed by atoms with Crippen LogP contribution in [0.25, 0.3) is 0 Å². The van der Waals surface area contributed by atoms with E-state index in [1.165, 1.54) is 10.5 Å². The average molecular weight is 338 g/mol. The van der Waals surface area contributed by atoms with Crippen molar-refractivity contribution >= 4 is 27.7 Å². The summed E-state index contributed by atoms with van der Waals surface area (Å²) in [6, 6.07) is 8.67. The molecule has 0 radical (unpaired) electrons. The van der Waals surface area contributed by atoms with Gasteiger partial charge >= 0.3 is 0 Å². The summed E-state index contributed by atoms with van der Waals surface area (Å²) >= 11 is 5.56. The first kappa shape index (κ1) is 13.2. The van der Waals surface area contributed by atoms with Crippen molar-refractivity contribution in [2.75, 3.05) is 5.75 Å². The van der Waals surface area contributed by atoms with E-state index >= 15 is 0 Å². The smallest absolute Gasteiger partial charge is 0.0963 e. The minimum Gasteiger partial charge on any atom is -0.252 e. The summed E-state index contributed by atoms with van der Waals surface area (Å²) in [6.07, 6.45) is 3.09. The summed E-state index contributed by atoms with van der Waals surface area (Å²) in [5.74, 6) is 1.69. The van der Waals surface area contributed by atoms with Gasteiger partial charge in [0.2, 0.25) is 0 Å². The lowest BCUT2D eigenvalue weighted by Gasteiger charge is -2.09. The molecular formula is C14H16BrN3S. The van der Waals surface area contributed by atoms with E-state index in [9.17, 15) is 0 Å². The van der Waals surface area contributed by atoms with E-state index in [-0.39, 0.29) is 0 Å². The van der Waals surface area contributed by atoms with Crippen LogP contribution in [0.5, 0.6) is 0 Å². The second-order valence-corrected chi connectivity index (χ2v) is 6.95. The molecule has 19 heavy (non-hydrogen) atoms. The SMILES string of the molecule is CCC(Br)c1cn(CC2CSc3ccccc32)nn1. The van der Waals surface area contributed by atoms with E-state index in [0.717, 1.165) is 24.4 Å². The van der Waals surface area contributed by atoms with Gasteiger partial charge in [0, 0.05) is 22.8 Å². The summed E-state index contributed by atoms with van der Waals surface area (Å²) in [7, 11) is 0. The number of benzene rings is 1. The number of fused-ring (bicyclic) bond motifs is 1. The topological polar surface area (TPSA) is 30.7 Å². The van der Waals surface area contributed by atoms with E-state index in [1.807, 2.05) is 16.4 Å². The number of rotatable bonds is 4. The minimum atomic E-state index is 0.312. The highest BCUT2D eigenvalue weighted by Crippen LogP contribution is 2.40. The molecule has 3 nitrogen and oxygen atoms in total. The van der Waals surface area contributed by atoms with Gasteiger partial charge in [-0.2, -0.15) is 0 Å². The van der Waals surface area contributed by atoms with Gasteiger partial charge in [-0.1, -0.05) is 46.3 Å². The maximum Gasteiger partial charge on any atom is 0.0963 e. The number of halogens is 1. The number of aromatic nitrogens is 3. The summed E-state index contributed by atoms with van der Waals surface area (Å²) in [5, 5.41) is 8.49. The van der Waals surface area contributed by atoms with Gasteiger partial charge in [-0.05, 0) is 18.1 Å². The molecule has 0 saturated carbocycles. The van der Waals surface area contributed by atoms with Gasteiger partial charge in [-0.3, -0.25) is 4.68 Å². The van der Waals surface area contributed by atoms with E-state index in [2.05, 4.69) is 63.6 Å². The van der Waals surface area contributed by atoms with Gasteiger partial charge in [-0.15, -0.1) is 16.9 Å². The lowest BCUT2D eigenvalue weighted by Crippen LogP contribution is -2.09. The second kappa shape index (κ2) is 5.67. The van der Waals surface area contributed by atoms with Gasteiger partial charge in [0.15, 0.2) is 0 Å². The minimum absolute atomic E-state index is 0.312. The molecule has 0 bridgehead atoms. The van der Waals surface area contributed by atoms with Crippen LogP contribution in [0.15, 0.2) is 35.4 Å². The Bertz CT molecular complexity index is 569.